The molecule has 0 saturated heterocycles. The van der Waals surface area contributed by atoms with Crippen LogP contribution in [-0.4, -0.2) is 19.8 Å². The summed E-state index contributed by atoms with van der Waals surface area (Å²) in [6, 6.07) is 5.64. The molecule has 1 heterocycles. The van der Waals surface area contributed by atoms with Gasteiger partial charge in [0.1, 0.15) is 5.82 Å². The first-order valence-electron chi connectivity index (χ1n) is 5.45. The Balaban J connectivity index is 2.27. The van der Waals surface area contributed by atoms with E-state index < -0.39 is 15.8 Å². The Morgan fingerprint density at radius 1 is 1.30 bits per heavy atom. The second-order valence-electron chi connectivity index (χ2n) is 4.10. The molecular weight excluding hydrogens is 433 g/mol. The lowest BCUT2D eigenvalue weighted by Gasteiger charge is -2.16. The van der Waals surface area contributed by atoms with Crippen LogP contribution in [0.4, 0.5) is 4.39 Å². The van der Waals surface area contributed by atoms with Crippen LogP contribution in [0.5, 0.6) is 0 Å². The fourth-order valence-corrected chi connectivity index (χ4v) is 4.21. The van der Waals surface area contributed by atoms with Crippen LogP contribution in [0.25, 0.3) is 0 Å². The standard InChI is InChI=1S/C12H10Br2FNO2S2/c1-16(6-8-4-12(14)19-7-8)20(17,18)9-2-3-10(13)11(15)5-9/h2-5,7H,6H2,1H3. The topological polar surface area (TPSA) is 37.4 Å². The predicted molar refractivity (Wildman–Crippen MR) is 84.8 cm³/mol. The van der Waals surface area contributed by atoms with Gasteiger partial charge in [-0.15, -0.1) is 11.3 Å². The molecular formula is C12H10Br2FNO2S2. The van der Waals surface area contributed by atoms with Crippen molar-refractivity contribution in [3.8, 4) is 0 Å². The monoisotopic (exact) mass is 441 g/mol. The summed E-state index contributed by atoms with van der Waals surface area (Å²) in [5.74, 6) is -0.599. The summed E-state index contributed by atoms with van der Waals surface area (Å²) in [5.41, 5.74) is 0.880. The maximum atomic E-state index is 13.5. The average molecular weight is 443 g/mol. The Labute approximate surface area is 137 Å². The lowest BCUT2D eigenvalue weighted by Crippen LogP contribution is -2.26. The van der Waals surface area contributed by atoms with Gasteiger partial charge in [0.05, 0.1) is 13.2 Å². The molecule has 1 aromatic heterocycles. The van der Waals surface area contributed by atoms with Gasteiger partial charge in [-0.2, -0.15) is 4.31 Å². The van der Waals surface area contributed by atoms with Crippen molar-refractivity contribution in [2.45, 2.75) is 11.4 Å². The van der Waals surface area contributed by atoms with Gasteiger partial charge in [-0.25, -0.2) is 12.8 Å². The fourth-order valence-electron chi connectivity index (χ4n) is 1.59. The number of rotatable bonds is 4. The van der Waals surface area contributed by atoms with Gasteiger partial charge in [-0.3, -0.25) is 0 Å². The number of hydrogen-bond acceptors (Lipinski definition) is 3. The Morgan fingerprint density at radius 3 is 2.55 bits per heavy atom. The smallest absolute Gasteiger partial charge is 0.207 e. The molecule has 0 fully saturated rings. The van der Waals surface area contributed by atoms with Crippen LogP contribution >= 0.6 is 43.2 Å². The summed E-state index contributed by atoms with van der Waals surface area (Å²) in [6.45, 7) is 0.238. The van der Waals surface area contributed by atoms with Crippen LogP contribution in [0.3, 0.4) is 0 Å². The Hall–Kier alpha value is -0.280. The highest BCUT2D eigenvalue weighted by molar-refractivity contribution is 9.11. The molecule has 0 N–H and O–H groups in total. The lowest BCUT2D eigenvalue weighted by molar-refractivity contribution is 0.466. The first-order valence-corrected chi connectivity index (χ1v) is 9.35. The van der Waals surface area contributed by atoms with Crippen molar-refractivity contribution in [1.82, 2.24) is 4.31 Å². The maximum Gasteiger partial charge on any atom is 0.243 e. The third kappa shape index (κ3) is 3.48. The molecule has 2 aromatic rings. The highest BCUT2D eigenvalue weighted by Crippen LogP contribution is 2.25. The van der Waals surface area contributed by atoms with E-state index in [-0.39, 0.29) is 15.9 Å². The van der Waals surface area contributed by atoms with Gasteiger partial charge in [-0.1, -0.05) is 0 Å². The summed E-state index contributed by atoms with van der Waals surface area (Å²) < 4.78 is 40.5. The Bertz CT molecular complexity index is 731. The molecule has 0 aliphatic rings. The van der Waals surface area contributed by atoms with Gasteiger partial charge in [-0.05, 0) is 67.1 Å². The largest absolute Gasteiger partial charge is 0.243 e. The molecule has 8 heteroatoms. The van der Waals surface area contributed by atoms with Crippen molar-refractivity contribution in [2.75, 3.05) is 7.05 Å². The molecule has 20 heavy (non-hydrogen) atoms. The number of halogens is 3. The van der Waals surface area contributed by atoms with E-state index in [2.05, 4.69) is 31.9 Å². The molecule has 0 aliphatic heterocycles. The van der Waals surface area contributed by atoms with Crippen molar-refractivity contribution in [2.24, 2.45) is 0 Å². The van der Waals surface area contributed by atoms with E-state index in [0.717, 1.165) is 15.4 Å². The minimum absolute atomic E-state index is 0.0602. The van der Waals surface area contributed by atoms with Gasteiger partial charge < -0.3 is 0 Å². The van der Waals surface area contributed by atoms with Gasteiger partial charge in [0.15, 0.2) is 0 Å². The molecule has 0 unspecified atom stereocenters. The molecule has 0 radical (unpaired) electrons. The third-order valence-corrected chi connectivity index (χ3v) is 6.62. The Kier molecular flexibility index (Phi) is 5.01. The van der Waals surface area contributed by atoms with Gasteiger partial charge >= 0.3 is 0 Å². The van der Waals surface area contributed by atoms with Crippen LogP contribution in [-0.2, 0) is 16.6 Å². The van der Waals surface area contributed by atoms with Crippen molar-refractivity contribution in [1.29, 1.82) is 0 Å². The van der Waals surface area contributed by atoms with E-state index in [9.17, 15) is 12.8 Å². The van der Waals surface area contributed by atoms with Crippen molar-refractivity contribution >= 4 is 53.2 Å². The molecule has 1 aromatic carbocycles. The average Bonchev–Trinajstić information content (AvgIpc) is 2.78. The Morgan fingerprint density at radius 2 is 2.00 bits per heavy atom. The first kappa shape index (κ1) is 16.1. The summed E-state index contributed by atoms with van der Waals surface area (Å²) in [7, 11) is -2.23. The molecule has 0 saturated carbocycles. The van der Waals surface area contributed by atoms with Crippen LogP contribution in [0, 0.1) is 5.82 Å². The van der Waals surface area contributed by atoms with E-state index >= 15 is 0 Å². The van der Waals surface area contributed by atoms with E-state index in [0.29, 0.717) is 0 Å². The number of sulfonamides is 1. The van der Waals surface area contributed by atoms with Gasteiger partial charge in [0.2, 0.25) is 10.0 Å². The third-order valence-electron chi connectivity index (χ3n) is 2.63. The molecule has 0 bridgehead atoms. The number of hydrogen-bond donors (Lipinski definition) is 0. The summed E-state index contributed by atoms with van der Waals surface area (Å²) in [5, 5.41) is 1.87. The molecule has 3 nitrogen and oxygen atoms in total. The quantitative estimate of drug-likeness (QED) is 0.710. The van der Waals surface area contributed by atoms with E-state index in [4.69, 9.17) is 0 Å². The van der Waals surface area contributed by atoms with Gasteiger partial charge in [0, 0.05) is 13.6 Å². The van der Waals surface area contributed by atoms with Crippen LogP contribution < -0.4 is 0 Å². The van der Waals surface area contributed by atoms with Gasteiger partial charge in [0.25, 0.3) is 0 Å². The summed E-state index contributed by atoms with van der Waals surface area (Å²) >= 11 is 7.82. The van der Waals surface area contributed by atoms with Crippen LogP contribution in [0.15, 0.2) is 42.8 Å². The van der Waals surface area contributed by atoms with Crippen LogP contribution in [0.2, 0.25) is 0 Å². The van der Waals surface area contributed by atoms with E-state index in [1.807, 2.05) is 11.4 Å². The normalized spacial score (nSPS) is 12.1. The maximum absolute atomic E-state index is 13.5. The molecule has 0 aliphatic carbocycles. The number of nitrogens with zero attached hydrogens (tertiary/aromatic N) is 1. The number of thiophene rings is 1. The molecule has 0 spiro atoms. The lowest BCUT2D eigenvalue weighted by atomic mass is 10.3. The zero-order chi connectivity index (χ0) is 14.9. The summed E-state index contributed by atoms with van der Waals surface area (Å²) in [6.07, 6.45) is 0. The summed E-state index contributed by atoms with van der Waals surface area (Å²) in [4.78, 5) is -0.0602. The van der Waals surface area contributed by atoms with Crippen molar-refractivity contribution < 1.29 is 12.8 Å². The van der Waals surface area contributed by atoms with Crippen molar-refractivity contribution in [3.63, 3.8) is 0 Å². The SMILES string of the molecule is CN(Cc1csc(Br)c1)S(=O)(=O)c1ccc(Br)c(F)c1. The zero-order valence-corrected chi connectivity index (χ0v) is 15.1. The minimum atomic E-state index is -3.71. The second kappa shape index (κ2) is 6.23. The first-order chi connectivity index (χ1) is 9.30. The predicted octanol–water partition coefficient (Wildman–Crippen LogP) is 4.23. The van der Waals surface area contributed by atoms with E-state index in [1.165, 1.54) is 34.8 Å². The van der Waals surface area contributed by atoms with Crippen molar-refractivity contribution in [3.05, 3.63) is 49.3 Å². The highest BCUT2D eigenvalue weighted by atomic mass is 79.9. The fraction of sp³-hybridized carbons (Fsp3) is 0.167. The highest BCUT2D eigenvalue weighted by Gasteiger charge is 2.22. The molecule has 0 amide bonds. The molecule has 108 valence electrons. The zero-order valence-electron chi connectivity index (χ0n) is 10.3. The second-order valence-corrected chi connectivity index (χ2v) is 9.29. The number of benzene rings is 1. The van der Waals surface area contributed by atoms with E-state index in [1.54, 1.807) is 0 Å². The molecule has 0 atom stereocenters. The minimum Gasteiger partial charge on any atom is -0.207 e. The molecule has 2 rings (SSSR count). The van der Waals surface area contributed by atoms with Crippen LogP contribution in [0.1, 0.15) is 5.56 Å².